The van der Waals surface area contributed by atoms with Crippen molar-refractivity contribution in [3.8, 4) is 6.07 Å². The molecule has 0 unspecified atom stereocenters. The first-order valence-corrected chi connectivity index (χ1v) is 11.0. The lowest BCUT2D eigenvalue weighted by Gasteiger charge is -2.12. The van der Waals surface area contributed by atoms with Gasteiger partial charge >= 0.3 is 0 Å². The van der Waals surface area contributed by atoms with Crippen molar-refractivity contribution in [1.29, 1.82) is 5.26 Å². The summed E-state index contributed by atoms with van der Waals surface area (Å²) in [5.74, 6) is -0.550. The van der Waals surface area contributed by atoms with Crippen LogP contribution in [0.4, 0.5) is 4.39 Å². The van der Waals surface area contributed by atoms with Gasteiger partial charge in [-0.15, -0.1) is 0 Å². The minimum atomic E-state index is -0.493. The van der Waals surface area contributed by atoms with Crippen LogP contribution >= 0.6 is 11.8 Å². The van der Waals surface area contributed by atoms with Gasteiger partial charge in [0, 0.05) is 77.0 Å². The zero-order valence-corrected chi connectivity index (χ0v) is 19.2. The molecule has 4 rings (SSSR count). The van der Waals surface area contributed by atoms with Crippen molar-refractivity contribution in [3.05, 3.63) is 83.6 Å². The van der Waals surface area contributed by atoms with E-state index in [-0.39, 0.29) is 22.5 Å². The normalized spacial score (nSPS) is 14.0. The molecule has 3 heterocycles. The van der Waals surface area contributed by atoms with E-state index in [0.29, 0.717) is 27.4 Å². The summed E-state index contributed by atoms with van der Waals surface area (Å²) in [5, 5.41) is 9.59. The Morgan fingerprint density at radius 3 is 2.59 bits per heavy atom. The Hall–Kier alpha value is -4.23. The molecule has 0 fully saturated rings. The van der Waals surface area contributed by atoms with E-state index < -0.39 is 5.82 Å². The third-order valence-corrected chi connectivity index (χ3v) is 6.30. The first-order valence-electron chi connectivity index (χ1n) is 10.2. The van der Waals surface area contributed by atoms with Crippen LogP contribution < -0.4 is 11.5 Å². The number of allylic oxidation sites excluding steroid dienone is 2. The first-order chi connectivity index (χ1) is 16.4. The molecule has 170 valence electrons. The zero-order chi connectivity index (χ0) is 24.4. The number of aliphatic imine (C=N–C) groups is 1. The van der Waals surface area contributed by atoms with Crippen LogP contribution in [0.3, 0.4) is 0 Å². The van der Waals surface area contributed by atoms with Crippen LogP contribution in [0.2, 0.25) is 0 Å². The van der Waals surface area contributed by atoms with E-state index in [1.54, 1.807) is 24.7 Å². The maximum atomic E-state index is 14.3. The maximum absolute atomic E-state index is 14.3. The molecule has 0 bridgehead atoms. The molecule has 0 saturated carbocycles. The van der Waals surface area contributed by atoms with E-state index in [4.69, 9.17) is 16.5 Å². The summed E-state index contributed by atoms with van der Waals surface area (Å²) >= 11 is 1.04. The van der Waals surface area contributed by atoms with Crippen LogP contribution in [0.1, 0.15) is 47.1 Å². The molecule has 4 N–H and O–H groups in total. The van der Waals surface area contributed by atoms with E-state index >= 15 is 0 Å². The second-order valence-corrected chi connectivity index (χ2v) is 8.48. The third kappa shape index (κ3) is 4.33. The van der Waals surface area contributed by atoms with Crippen LogP contribution in [-0.2, 0) is 0 Å². The molecule has 3 aromatic rings. The van der Waals surface area contributed by atoms with Crippen molar-refractivity contribution in [2.24, 2.45) is 16.5 Å². The lowest BCUT2D eigenvalue weighted by molar-refractivity contribution is 0.0936. The second-order valence-electron chi connectivity index (χ2n) is 7.45. The Morgan fingerprint density at radius 1 is 1.26 bits per heavy atom. The standard InChI is InChI=1S/C24H20FN7OS/c1-13(31-23-18-11-32(14(2)33)12-19(18)23)17(9-28)15-6-21(22(30-10-15)16(7-26)8-27)34-24-20(25)4-3-5-29-24/h3-7,9-12,23H,26,28H2,1-2H3/b16-7-,17-9+,31-13?. The highest BCUT2D eigenvalue weighted by atomic mass is 32.2. The molecule has 1 aliphatic carbocycles. The monoisotopic (exact) mass is 473 g/mol. The molecule has 0 spiro atoms. The third-order valence-electron chi connectivity index (χ3n) is 5.28. The highest BCUT2D eigenvalue weighted by Gasteiger charge is 2.35. The predicted molar refractivity (Wildman–Crippen MR) is 128 cm³/mol. The molecule has 0 aromatic carbocycles. The van der Waals surface area contributed by atoms with E-state index in [1.165, 1.54) is 36.0 Å². The van der Waals surface area contributed by atoms with Gasteiger partial charge < -0.3 is 11.5 Å². The molecule has 0 radical (unpaired) electrons. The number of halogens is 1. The SMILES string of the molecule is CC(=O)n1cc2c(c1)C2N=C(C)/C(=C\N)c1cnc(/C(C#N)=C\N)c(Sc2ncccc2F)c1. The van der Waals surface area contributed by atoms with Gasteiger partial charge in [-0.3, -0.25) is 19.3 Å². The number of hydrogen-bond donors (Lipinski definition) is 2. The van der Waals surface area contributed by atoms with Gasteiger partial charge in [0.25, 0.3) is 0 Å². The number of nitrogens with zero attached hydrogens (tertiary/aromatic N) is 5. The number of aromatic nitrogens is 3. The fraction of sp³-hybridized carbons (Fsp3) is 0.125. The summed E-state index contributed by atoms with van der Waals surface area (Å²) in [6.45, 7) is 3.33. The summed E-state index contributed by atoms with van der Waals surface area (Å²) in [7, 11) is 0. The minimum Gasteiger partial charge on any atom is -0.404 e. The quantitative estimate of drug-likeness (QED) is 0.409. The molecule has 0 aliphatic heterocycles. The Balaban J connectivity index is 1.68. The lowest BCUT2D eigenvalue weighted by atomic mass is 10.0. The summed E-state index contributed by atoms with van der Waals surface area (Å²) in [5.41, 5.74) is 15.9. The molecule has 0 saturated heterocycles. The molecule has 3 aromatic heterocycles. The van der Waals surface area contributed by atoms with Crippen molar-refractivity contribution in [1.82, 2.24) is 14.5 Å². The van der Waals surface area contributed by atoms with Crippen molar-refractivity contribution in [2.45, 2.75) is 29.8 Å². The lowest BCUT2D eigenvalue weighted by Crippen LogP contribution is -2.05. The van der Waals surface area contributed by atoms with Gasteiger partial charge in [-0.05, 0) is 25.1 Å². The highest BCUT2D eigenvalue weighted by Crippen LogP contribution is 2.46. The topological polar surface area (TPSA) is 136 Å². The Morgan fingerprint density at radius 2 is 2.00 bits per heavy atom. The average molecular weight is 474 g/mol. The van der Waals surface area contributed by atoms with Gasteiger partial charge in [0.05, 0.1) is 11.3 Å². The zero-order valence-electron chi connectivity index (χ0n) is 18.4. The number of nitriles is 1. The van der Waals surface area contributed by atoms with E-state index in [9.17, 15) is 14.4 Å². The number of rotatable bonds is 6. The predicted octanol–water partition coefficient (Wildman–Crippen LogP) is 3.92. The molecular weight excluding hydrogens is 453 g/mol. The number of carbonyl (C=O) groups excluding carboxylic acids is 1. The number of fused-ring (bicyclic) bond motifs is 1. The minimum absolute atomic E-state index is 0.0574. The number of carbonyl (C=O) groups is 1. The van der Waals surface area contributed by atoms with Crippen LogP contribution in [-0.4, -0.2) is 26.2 Å². The Kier molecular flexibility index (Phi) is 6.30. The van der Waals surface area contributed by atoms with Crippen LogP contribution in [0.15, 0.2) is 70.3 Å². The van der Waals surface area contributed by atoms with Gasteiger partial charge in [-0.2, -0.15) is 5.26 Å². The van der Waals surface area contributed by atoms with Gasteiger partial charge in [0.1, 0.15) is 17.1 Å². The van der Waals surface area contributed by atoms with Crippen molar-refractivity contribution in [2.75, 3.05) is 0 Å². The van der Waals surface area contributed by atoms with Crippen LogP contribution in [0, 0.1) is 17.1 Å². The summed E-state index contributed by atoms with van der Waals surface area (Å²) in [6, 6.07) is 6.45. The number of hydrogen-bond acceptors (Lipinski definition) is 8. The molecule has 0 atom stereocenters. The van der Waals surface area contributed by atoms with Gasteiger partial charge in [-0.25, -0.2) is 9.37 Å². The van der Waals surface area contributed by atoms with E-state index in [1.807, 2.05) is 13.0 Å². The van der Waals surface area contributed by atoms with Crippen LogP contribution in [0.25, 0.3) is 11.1 Å². The van der Waals surface area contributed by atoms with Crippen molar-refractivity contribution in [3.63, 3.8) is 0 Å². The van der Waals surface area contributed by atoms with Gasteiger partial charge in [0.2, 0.25) is 5.91 Å². The van der Waals surface area contributed by atoms with E-state index in [0.717, 1.165) is 29.1 Å². The van der Waals surface area contributed by atoms with Crippen molar-refractivity contribution < 1.29 is 9.18 Å². The summed E-state index contributed by atoms with van der Waals surface area (Å²) in [4.78, 5) is 25.2. The van der Waals surface area contributed by atoms with Gasteiger partial charge in [0.15, 0.2) is 5.82 Å². The molecule has 0 amide bonds. The fourth-order valence-electron chi connectivity index (χ4n) is 3.47. The maximum Gasteiger partial charge on any atom is 0.227 e. The fourth-order valence-corrected chi connectivity index (χ4v) is 4.40. The van der Waals surface area contributed by atoms with E-state index in [2.05, 4.69) is 9.97 Å². The Bertz CT molecular complexity index is 1410. The number of pyridine rings is 2. The Labute approximate surface area is 199 Å². The average Bonchev–Trinajstić information content (AvgIpc) is 3.24. The first kappa shape index (κ1) is 22.9. The van der Waals surface area contributed by atoms with Crippen LogP contribution in [0.5, 0.6) is 0 Å². The summed E-state index contributed by atoms with van der Waals surface area (Å²) in [6.07, 6.45) is 9.19. The number of nitrogens with two attached hydrogens (primary N) is 2. The molecule has 8 nitrogen and oxygen atoms in total. The van der Waals surface area contributed by atoms with Gasteiger partial charge in [-0.1, -0.05) is 11.8 Å². The molecule has 10 heteroatoms. The smallest absolute Gasteiger partial charge is 0.227 e. The largest absolute Gasteiger partial charge is 0.404 e. The molecule has 1 aliphatic rings. The second kappa shape index (κ2) is 9.33. The highest BCUT2D eigenvalue weighted by molar-refractivity contribution is 7.99. The molecule has 34 heavy (non-hydrogen) atoms. The molecular formula is C24H20FN7OS. The summed E-state index contributed by atoms with van der Waals surface area (Å²) < 4.78 is 15.8. The van der Waals surface area contributed by atoms with Crippen molar-refractivity contribution >= 4 is 34.5 Å².